The summed E-state index contributed by atoms with van der Waals surface area (Å²) in [6.07, 6.45) is 7.86. The minimum atomic E-state index is -1.22. The number of fused-ring (bicyclic) bond motifs is 7. The van der Waals surface area contributed by atoms with Gasteiger partial charge in [-0.3, -0.25) is 0 Å². The predicted molar refractivity (Wildman–Crippen MR) is 174 cm³/mol. The number of rotatable bonds is 3. The molecule has 0 saturated carbocycles. The molecule has 238 valence electrons. The molecular weight excluding hydrogens is 590 g/mol. The molecular formula is C34H41N5O5S. The van der Waals surface area contributed by atoms with Gasteiger partial charge >= 0.3 is 5.97 Å². The molecule has 0 aliphatic carbocycles. The molecule has 3 aliphatic rings. The van der Waals surface area contributed by atoms with Crippen LogP contribution in [0, 0.1) is 6.92 Å². The third-order valence-electron chi connectivity index (χ3n) is 8.23. The second-order valence-corrected chi connectivity index (χ2v) is 14.1. The Labute approximate surface area is 267 Å². The molecule has 11 heteroatoms. The molecule has 6 heterocycles. The Kier molecular flexibility index (Phi) is 8.69. The maximum Gasteiger partial charge on any atom is 0.337 e. The number of carboxylic acids is 1. The summed E-state index contributed by atoms with van der Waals surface area (Å²) in [6, 6.07) is 10.0. The SMILES string of the molecule is Cc1nc2cc3nn2c(c1C(OC(C)(C)C)C(=O)O)N1CCC(C)(CC1)OCC=CCCOc1ccccc1Cc1cnc-3s1. The standard InChI is InChI=1S/C34H41N5O5S/c1-22-28(29(32(40)41)44-33(2,3)4)31-38-15-13-34(5,14-16-38)43-18-10-6-9-17-42-26-12-8-7-11-23(26)19-24-21-35-30(45-24)25-20-27(36-22)39(31)37-25/h6-8,10-12,20-21,29H,9,13-19H2,1-5H3,(H,40,41). The minimum Gasteiger partial charge on any atom is -0.493 e. The van der Waals surface area contributed by atoms with Gasteiger partial charge in [-0.1, -0.05) is 30.4 Å². The second-order valence-electron chi connectivity index (χ2n) is 13.0. The van der Waals surface area contributed by atoms with Gasteiger partial charge in [0.2, 0.25) is 0 Å². The minimum absolute atomic E-state index is 0.308. The normalized spacial score (nSPS) is 17.9. The summed E-state index contributed by atoms with van der Waals surface area (Å²) in [5, 5.41) is 16.2. The zero-order chi connectivity index (χ0) is 31.8. The van der Waals surface area contributed by atoms with E-state index in [-0.39, 0.29) is 5.60 Å². The van der Waals surface area contributed by atoms with Crippen LogP contribution in [-0.4, -0.2) is 68.2 Å². The first-order valence-corrected chi connectivity index (χ1v) is 16.3. The first-order valence-electron chi connectivity index (χ1n) is 15.5. The van der Waals surface area contributed by atoms with E-state index in [1.165, 1.54) is 0 Å². The number of carboxylic acid groups (broad SMARTS) is 1. The van der Waals surface area contributed by atoms with Gasteiger partial charge in [0.25, 0.3) is 0 Å². The van der Waals surface area contributed by atoms with Crippen LogP contribution < -0.4 is 9.64 Å². The molecule has 6 bridgehead atoms. The van der Waals surface area contributed by atoms with E-state index in [1.54, 1.807) is 15.9 Å². The van der Waals surface area contributed by atoms with Gasteiger partial charge < -0.3 is 24.2 Å². The van der Waals surface area contributed by atoms with Crippen LogP contribution >= 0.6 is 11.3 Å². The van der Waals surface area contributed by atoms with E-state index in [1.807, 2.05) is 58.2 Å². The number of carbonyl (C=O) groups is 1. The van der Waals surface area contributed by atoms with Crippen LogP contribution in [0.5, 0.6) is 5.75 Å². The van der Waals surface area contributed by atoms with E-state index in [4.69, 9.17) is 29.3 Å². The highest BCUT2D eigenvalue weighted by Gasteiger charge is 2.37. The highest BCUT2D eigenvalue weighted by molar-refractivity contribution is 7.15. The fraction of sp³-hybridized carbons (Fsp3) is 0.471. The van der Waals surface area contributed by atoms with Crippen LogP contribution in [0.1, 0.15) is 74.8 Å². The number of piperidine rings is 1. The number of aliphatic carboxylic acids is 1. The second kappa shape index (κ2) is 12.5. The quantitative estimate of drug-likeness (QED) is 0.257. The van der Waals surface area contributed by atoms with Crippen molar-refractivity contribution in [1.29, 1.82) is 0 Å². The van der Waals surface area contributed by atoms with E-state index in [0.29, 0.717) is 61.1 Å². The molecule has 1 N–H and O–H groups in total. The highest BCUT2D eigenvalue weighted by Crippen LogP contribution is 2.39. The number of thiazole rings is 1. The molecule has 3 aromatic heterocycles. The van der Waals surface area contributed by atoms with Crippen LogP contribution in [0.15, 0.2) is 48.7 Å². The monoisotopic (exact) mass is 631 g/mol. The Hall–Kier alpha value is -3.80. The Morgan fingerprint density at radius 3 is 2.71 bits per heavy atom. The number of aromatic nitrogens is 4. The lowest BCUT2D eigenvalue weighted by atomic mass is 9.92. The van der Waals surface area contributed by atoms with Crippen molar-refractivity contribution in [3.8, 4) is 16.5 Å². The lowest BCUT2D eigenvalue weighted by Gasteiger charge is -2.41. The number of para-hydroxylation sites is 1. The van der Waals surface area contributed by atoms with Gasteiger partial charge in [-0.25, -0.2) is 14.8 Å². The summed E-state index contributed by atoms with van der Waals surface area (Å²) < 4.78 is 20.5. The first kappa shape index (κ1) is 31.2. The van der Waals surface area contributed by atoms with Crippen LogP contribution in [0.25, 0.3) is 16.3 Å². The van der Waals surface area contributed by atoms with Crippen molar-refractivity contribution >= 4 is 28.8 Å². The molecule has 1 unspecified atom stereocenters. The Morgan fingerprint density at radius 2 is 1.96 bits per heavy atom. The molecule has 1 saturated heterocycles. The Morgan fingerprint density at radius 1 is 1.18 bits per heavy atom. The van der Waals surface area contributed by atoms with Gasteiger partial charge in [-0.05, 0) is 65.5 Å². The van der Waals surface area contributed by atoms with Crippen molar-refractivity contribution in [3.63, 3.8) is 0 Å². The lowest BCUT2D eigenvalue weighted by molar-refractivity contribution is -0.160. The third kappa shape index (κ3) is 6.90. The summed E-state index contributed by atoms with van der Waals surface area (Å²) in [6.45, 7) is 12.0. The van der Waals surface area contributed by atoms with E-state index in [2.05, 4.69) is 30.0 Å². The lowest BCUT2D eigenvalue weighted by Crippen LogP contribution is -2.45. The van der Waals surface area contributed by atoms with Crippen molar-refractivity contribution in [3.05, 3.63) is 70.4 Å². The van der Waals surface area contributed by atoms with Crippen molar-refractivity contribution in [2.24, 2.45) is 0 Å². The van der Waals surface area contributed by atoms with Gasteiger partial charge in [0.05, 0.1) is 30.0 Å². The number of anilines is 1. The molecule has 10 nitrogen and oxygen atoms in total. The van der Waals surface area contributed by atoms with Crippen molar-refractivity contribution < 1.29 is 24.1 Å². The van der Waals surface area contributed by atoms with Crippen LogP contribution in [0.2, 0.25) is 0 Å². The molecule has 1 atom stereocenters. The van der Waals surface area contributed by atoms with Gasteiger partial charge in [-0.2, -0.15) is 9.61 Å². The van der Waals surface area contributed by atoms with Gasteiger partial charge in [0, 0.05) is 42.3 Å². The molecule has 0 spiro atoms. The molecule has 0 amide bonds. The van der Waals surface area contributed by atoms with Crippen molar-refractivity contribution in [2.45, 2.75) is 77.6 Å². The Balaban J connectivity index is 1.47. The molecule has 4 aromatic rings. The highest BCUT2D eigenvalue weighted by atomic mass is 32.1. The van der Waals surface area contributed by atoms with Crippen LogP contribution in [0.4, 0.5) is 5.82 Å². The molecule has 45 heavy (non-hydrogen) atoms. The van der Waals surface area contributed by atoms with Crippen molar-refractivity contribution in [1.82, 2.24) is 19.6 Å². The number of hydrogen-bond donors (Lipinski definition) is 1. The number of nitrogens with zero attached hydrogens (tertiary/aromatic N) is 5. The number of ether oxygens (including phenoxy) is 3. The summed E-state index contributed by atoms with van der Waals surface area (Å²) in [5.74, 6) is 0.499. The maximum absolute atomic E-state index is 12.7. The number of benzene rings is 1. The average molecular weight is 632 g/mol. The molecule has 3 aliphatic heterocycles. The van der Waals surface area contributed by atoms with E-state index < -0.39 is 17.7 Å². The molecule has 1 aromatic carbocycles. The summed E-state index contributed by atoms with van der Waals surface area (Å²) in [7, 11) is 0. The number of hydrogen-bond acceptors (Lipinski definition) is 9. The van der Waals surface area contributed by atoms with E-state index in [0.717, 1.165) is 40.5 Å². The Bertz CT molecular complexity index is 1710. The van der Waals surface area contributed by atoms with Gasteiger partial charge in [-0.15, -0.1) is 11.3 Å². The van der Waals surface area contributed by atoms with Crippen molar-refractivity contribution in [2.75, 3.05) is 31.2 Å². The first-order chi connectivity index (χ1) is 21.5. The molecule has 0 radical (unpaired) electrons. The fourth-order valence-corrected chi connectivity index (χ4v) is 6.80. The van der Waals surface area contributed by atoms with Gasteiger partial charge in [0.15, 0.2) is 11.8 Å². The zero-order valence-electron chi connectivity index (χ0n) is 26.6. The largest absolute Gasteiger partial charge is 0.493 e. The predicted octanol–water partition coefficient (Wildman–Crippen LogP) is 6.41. The topological polar surface area (TPSA) is 111 Å². The molecule has 7 rings (SSSR count). The van der Waals surface area contributed by atoms with E-state index in [9.17, 15) is 9.90 Å². The molecule has 1 fully saturated rings. The van der Waals surface area contributed by atoms with Crippen LogP contribution in [-0.2, 0) is 20.7 Å². The van der Waals surface area contributed by atoms with Gasteiger partial charge in [0.1, 0.15) is 22.3 Å². The van der Waals surface area contributed by atoms with E-state index >= 15 is 0 Å². The summed E-state index contributed by atoms with van der Waals surface area (Å²) >= 11 is 1.58. The average Bonchev–Trinajstić information content (AvgIpc) is 3.62. The smallest absolute Gasteiger partial charge is 0.337 e. The summed E-state index contributed by atoms with van der Waals surface area (Å²) in [4.78, 5) is 25.6. The van der Waals surface area contributed by atoms with Crippen LogP contribution in [0.3, 0.4) is 0 Å². The zero-order valence-corrected chi connectivity index (χ0v) is 27.4. The summed E-state index contributed by atoms with van der Waals surface area (Å²) in [5.41, 5.74) is 2.53. The fourth-order valence-electron chi connectivity index (χ4n) is 5.91. The third-order valence-corrected chi connectivity index (χ3v) is 9.25. The maximum atomic E-state index is 12.7. The number of aryl methyl sites for hydroxylation is 1.